The van der Waals surface area contributed by atoms with Crippen LogP contribution in [0.2, 0.25) is 0 Å². The third kappa shape index (κ3) is 6.32. The molecule has 0 saturated carbocycles. The first-order valence-corrected chi connectivity index (χ1v) is 10.1. The van der Waals surface area contributed by atoms with E-state index in [9.17, 15) is 9.32 Å². The average molecular weight is 437 g/mol. The highest BCUT2D eigenvalue weighted by molar-refractivity contribution is 14.2. The van der Waals surface area contributed by atoms with Gasteiger partial charge in [0.05, 0.1) is 18.7 Å². The maximum absolute atomic E-state index is 11.6. The fourth-order valence-corrected chi connectivity index (χ4v) is 2.19. The molecule has 0 atom stereocenters. The maximum atomic E-state index is 11.6. The summed E-state index contributed by atoms with van der Waals surface area (Å²) < 4.78 is 17.3. The summed E-state index contributed by atoms with van der Waals surface area (Å²) in [7, 11) is 3.40. The SMILES string of the molecule is CCN(C)c1cc(C#CSI)ccc1OCCCC(=O)OF. The van der Waals surface area contributed by atoms with Crippen molar-refractivity contribution in [1.82, 2.24) is 0 Å². The number of benzene rings is 1. The van der Waals surface area contributed by atoms with Crippen LogP contribution in [0.5, 0.6) is 5.75 Å². The number of hydrogen-bond donors (Lipinski definition) is 0. The average Bonchev–Trinajstić information content (AvgIpc) is 2.56. The van der Waals surface area contributed by atoms with Crippen LogP contribution in [-0.2, 0) is 9.74 Å². The second-order valence-electron chi connectivity index (χ2n) is 4.40. The maximum Gasteiger partial charge on any atom is 0.348 e. The van der Waals surface area contributed by atoms with Crippen molar-refractivity contribution in [3.8, 4) is 16.9 Å². The van der Waals surface area contributed by atoms with Crippen LogP contribution in [-0.4, -0.2) is 26.2 Å². The van der Waals surface area contributed by atoms with Crippen molar-refractivity contribution >= 4 is 41.8 Å². The van der Waals surface area contributed by atoms with Gasteiger partial charge in [-0.3, -0.25) is 4.94 Å². The molecule has 0 radical (unpaired) electrons. The van der Waals surface area contributed by atoms with Gasteiger partial charge in [-0.1, -0.05) is 5.92 Å². The Morgan fingerprint density at radius 3 is 2.91 bits per heavy atom. The van der Waals surface area contributed by atoms with Gasteiger partial charge in [0.2, 0.25) is 0 Å². The Labute approximate surface area is 146 Å². The quantitative estimate of drug-likeness (QED) is 0.365. The molecule has 0 bridgehead atoms. The first kappa shape index (κ1) is 18.9. The van der Waals surface area contributed by atoms with Crippen molar-refractivity contribution in [1.29, 1.82) is 0 Å². The summed E-state index contributed by atoms with van der Waals surface area (Å²) in [5, 5.41) is 2.95. The van der Waals surface area contributed by atoms with Crippen molar-refractivity contribution in [2.75, 3.05) is 25.1 Å². The molecule has 0 aromatic heterocycles. The predicted molar refractivity (Wildman–Crippen MR) is 95.8 cm³/mol. The molecule has 0 heterocycles. The summed E-state index contributed by atoms with van der Waals surface area (Å²) in [4.78, 5) is 15.9. The van der Waals surface area contributed by atoms with Gasteiger partial charge >= 0.3 is 5.97 Å². The number of halogens is 2. The van der Waals surface area contributed by atoms with Crippen molar-refractivity contribution in [3.63, 3.8) is 0 Å². The number of anilines is 1. The van der Waals surface area contributed by atoms with Crippen LogP contribution in [0, 0.1) is 11.2 Å². The summed E-state index contributed by atoms with van der Waals surface area (Å²) in [6.07, 6.45) is 0.386. The topological polar surface area (TPSA) is 38.8 Å². The van der Waals surface area contributed by atoms with E-state index in [1.165, 1.54) is 8.93 Å². The number of carbonyl (C=O) groups is 1. The second kappa shape index (κ2) is 10.6. The summed E-state index contributed by atoms with van der Waals surface area (Å²) in [6.45, 7) is 3.18. The van der Waals surface area contributed by atoms with E-state index in [2.05, 4.69) is 37.3 Å². The molecule has 0 N–H and O–H groups in total. The van der Waals surface area contributed by atoms with Crippen molar-refractivity contribution in [3.05, 3.63) is 23.8 Å². The van der Waals surface area contributed by atoms with Crippen LogP contribution in [0.1, 0.15) is 25.3 Å². The zero-order valence-electron chi connectivity index (χ0n) is 12.4. The molecule has 0 spiro atoms. The van der Waals surface area contributed by atoms with Gasteiger partial charge in [0, 0.05) is 44.9 Å². The van der Waals surface area contributed by atoms with Crippen LogP contribution >= 0.6 is 30.1 Å². The molecule has 1 rings (SSSR count). The van der Waals surface area contributed by atoms with E-state index in [4.69, 9.17) is 4.74 Å². The van der Waals surface area contributed by atoms with Crippen LogP contribution in [0.3, 0.4) is 0 Å². The lowest BCUT2D eigenvalue weighted by Crippen LogP contribution is -2.17. The second-order valence-corrected chi connectivity index (χ2v) is 6.08. The van der Waals surface area contributed by atoms with Gasteiger partial charge in [0.1, 0.15) is 5.75 Å². The molecular formula is C15H17FINO3S. The van der Waals surface area contributed by atoms with E-state index < -0.39 is 5.97 Å². The summed E-state index contributed by atoms with van der Waals surface area (Å²) in [6, 6.07) is 5.71. The van der Waals surface area contributed by atoms with Crippen LogP contribution in [0.15, 0.2) is 18.2 Å². The fourth-order valence-electron chi connectivity index (χ4n) is 1.70. The summed E-state index contributed by atoms with van der Waals surface area (Å²) >= 11 is 2.12. The van der Waals surface area contributed by atoms with Gasteiger partial charge in [-0.2, -0.15) is 0 Å². The first-order chi connectivity index (χ1) is 10.6. The van der Waals surface area contributed by atoms with Gasteiger partial charge in [-0.25, -0.2) is 4.79 Å². The normalized spacial score (nSPS) is 9.64. The van der Waals surface area contributed by atoms with Gasteiger partial charge < -0.3 is 9.64 Å². The van der Waals surface area contributed by atoms with Crippen LogP contribution in [0.4, 0.5) is 10.2 Å². The molecule has 0 aliphatic carbocycles. The number of carbonyl (C=O) groups excluding carboxylic acids is 1. The molecule has 7 heteroatoms. The molecule has 0 fully saturated rings. The van der Waals surface area contributed by atoms with E-state index in [1.54, 1.807) is 0 Å². The molecule has 0 aliphatic heterocycles. The van der Waals surface area contributed by atoms with E-state index in [1.807, 2.05) is 37.1 Å². The lowest BCUT2D eigenvalue weighted by molar-refractivity contribution is -0.183. The Bertz CT molecular complexity index is 559. The summed E-state index contributed by atoms with van der Waals surface area (Å²) in [5.41, 5.74) is 1.84. The van der Waals surface area contributed by atoms with Crippen LogP contribution < -0.4 is 9.64 Å². The van der Waals surface area contributed by atoms with Gasteiger partial charge in [0.15, 0.2) is 0 Å². The molecular weight excluding hydrogens is 420 g/mol. The summed E-state index contributed by atoms with van der Waals surface area (Å²) in [5.74, 6) is 2.89. The monoisotopic (exact) mass is 437 g/mol. The highest BCUT2D eigenvalue weighted by atomic mass is 127. The van der Waals surface area contributed by atoms with Crippen molar-refractivity contribution in [2.24, 2.45) is 0 Å². The molecule has 0 amide bonds. The molecule has 120 valence electrons. The zero-order chi connectivity index (χ0) is 16.4. The van der Waals surface area contributed by atoms with E-state index >= 15 is 0 Å². The number of nitrogens with zero attached hydrogens (tertiary/aromatic N) is 1. The third-order valence-electron chi connectivity index (χ3n) is 2.95. The minimum Gasteiger partial charge on any atom is -0.491 e. The Balaban J connectivity index is 2.77. The predicted octanol–water partition coefficient (Wildman–Crippen LogP) is 4.12. The minimum absolute atomic E-state index is 0.00804. The molecule has 0 unspecified atom stereocenters. The highest BCUT2D eigenvalue weighted by Gasteiger charge is 2.09. The Hall–Kier alpha value is -1.14. The van der Waals surface area contributed by atoms with Gasteiger partial charge in [0.25, 0.3) is 0 Å². The van der Waals surface area contributed by atoms with E-state index in [0.29, 0.717) is 18.8 Å². The Morgan fingerprint density at radius 2 is 2.27 bits per heavy atom. The van der Waals surface area contributed by atoms with Crippen LogP contribution in [0.25, 0.3) is 0 Å². The Kier molecular flexibility index (Phi) is 9.08. The molecule has 0 saturated heterocycles. The smallest absolute Gasteiger partial charge is 0.348 e. The highest BCUT2D eigenvalue weighted by Crippen LogP contribution is 2.29. The molecule has 1 aromatic carbocycles. The first-order valence-electron chi connectivity index (χ1n) is 6.70. The van der Waals surface area contributed by atoms with E-state index in [0.717, 1.165) is 17.8 Å². The molecule has 0 aliphatic rings. The standard InChI is InChI=1S/C15H17FINO3S/c1-3-18(2)13-11-12(8-10-22-17)6-7-14(13)20-9-4-5-15(19)21-16/h6-7,11H,3-5,9H2,1-2H3. The number of ether oxygens (including phenoxy) is 1. The molecule has 1 aromatic rings. The third-order valence-corrected chi connectivity index (χ3v) is 3.79. The molecule has 4 nitrogen and oxygen atoms in total. The van der Waals surface area contributed by atoms with Crippen molar-refractivity contribution in [2.45, 2.75) is 19.8 Å². The zero-order valence-corrected chi connectivity index (χ0v) is 15.4. The lowest BCUT2D eigenvalue weighted by atomic mass is 10.2. The van der Waals surface area contributed by atoms with Gasteiger partial charge in [-0.05, 0) is 45.7 Å². The van der Waals surface area contributed by atoms with Gasteiger partial charge in [-0.15, -0.1) is 0 Å². The molecule has 22 heavy (non-hydrogen) atoms. The minimum atomic E-state index is -0.878. The Morgan fingerprint density at radius 1 is 1.50 bits per heavy atom. The lowest BCUT2D eigenvalue weighted by Gasteiger charge is -2.21. The fraction of sp³-hybridized carbons (Fsp3) is 0.400. The number of rotatable bonds is 7. The largest absolute Gasteiger partial charge is 0.491 e. The number of hydrogen-bond acceptors (Lipinski definition) is 5. The van der Waals surface area contributed by atoms with E-state index in [-0.39, 0.29) is 6.42 Å². The van der Waals surface area contributed by atoms with Crippen molar-refractivity contribution < 1.29 is 19.0 Å².